The summed E-state index contributed by atoms with van der Waals surface area (Å²) in [5.41, 5.74) is 18.5. The molecule has 18 rings (SSSR count). The minimum atomic E-state index is -1.80. The molecule has 15 aromatic carbocycles. The number of nitro groups is 2. The molecule has 3 aromatic heterocycles. The van der Waals surface area contributed by atoms with Crippen LogP contribution >= 0.6 is 31.9 Å². The van der Waals surface area contributed by atoms with Gasteiger partial charge in [0, 0.05) is 88.5 Å². The smallest absolute Gasteiger partial charge is 0.423 e. The van der Waals surface area contributed by atoms with Crippen molar-refractivity contribution >= 4 is 160 Å². The number of benzene rings is 15. The maximum atomic E-state index is 13.2. The molecule has 18 aromatic rings. The predicted octanol–water partition coefficient (Wildman–Crippen LogP) is 22.4. The van der Waals surface area contributed by atoms with Gasteiger partial charge in [-0.3, -0.25) is 35.0 Å². The standard InChI is InChI=1S/C26H17BrN2O.C26H15BrN2.C16H11NO2.C16H13N.C6H6BNO4/c27-23-15-14-22(25-21(23)12-6-16-28-25)26(30)29-24-13-4-3-10-20(24)19-11-5-8-17-7-1-2-9-18(17)19;27-22-14-13-21(25-18(22)9-5-15-28-25)26-20-12-11-16-6-1-2-7-17(16)24(20)19-8-3-4-10-23(19)29-26;18-17(19)16-11-4-3-9-15(16)14-10-5-7-12-6-1-2-8-13(12)14;17-16-11-4-3-9-15(16)14-10-5-7-12-6-1-2-8-13(12)14;9-7(10)5-3-1-2-4-6(5)8(11)12/h1-16H,(H,29,30);1-15H;1-11H;1-11H,17H2;1-4,9-10H. The number of hydrogen-bond donors (Lipinski definition) is 4. The maximum absolute atomic E-state index is 13.2. The van der Waals surface area contributed by atoms with Gasteiger partial charge in [-0.05, 0) is 120 Å². The Morgan fingerprint density at radius 2 is 0.804 bits per heavy atom. The summed E-state index contributed by atoms with van der Waals surface area (Å²) in [7, 11) is -1.80. The third-order valence-corrected chi connectivity index (χ3v) is 19.8. The molecule has 3 heterocycles. The van der Waals surface area contributed by atoms with Gasteiger partial charge < -0.3 is 21.1 Å². The van der Waals surface area contributed by atoms with Crippen LogP contribution in [0, 0.1) is 20.2 Å². The van der Waals surface area contributed by atoms with Crippen LogP contribution in [-0.4, -0.2) is 47.9 Å². The number of nitrogens with one attached hydrogen (secondary N) is 1. The van der Waals surface area contributed by atoms with Crippen molar-refractivity contribution in [3.05, 3.63) is 381 Å². The molecular formula is C90H62BBr2N7O7. The second-order valence-corrected chi connectivity index (χ2v) is 26.5. The summed E-state index contributed by atoms with van der Waals surface area (Å²) < 4.78 is 1.96. The number of nitrogens with zero attached hydrogens (tertiary/aromatic N) is 5. The summed E-state index contributed by atoms with van der Waals surface area (Å²) in [4.78, 5) is 47.9. The molecule has 0 saturated heterocycles. The molecule has 5 N–H and O–H groups in total. The number of nitro benzene ring substituents is 2. The highest BCUT2D eigenvalue weighted by Crippen LogP contribution is 2.42. The number of fused-ring (bicyclic) bond motifs is 10. The fourth-order valence-corrected chi connectivity index (χ4v) is 14.4. The average molecular weight is 1520 g/mol. The Bertz CT molecular complexity index is 6390. The van der Waals surface area contributed by atoms with Crippen LogP contribution in [0.15, 0.2) is 355 Å². The first-order valence-electron chi connectivity index (χ1n) is 34.1. The molecule has 14 nitrogen and oxygen atoms in total. The highest BCUT2D eigenvalue weighted by atomic mass is 79.9. The molecule has 17 heteroatoms. The molecule has 0 saturated carbocycles. The van der Waals surface area contributed by atoms with Crippen molar-refractivity contribution in [1.82, 2.24) is 15.0 Å². The van der Waals surface area contributed by atoms with Crippen molar-refractivity contribution in [2.75, 3.05) is 11.1 Å². The number of amides is 1. The molecule has 0 aliphatic carbocycles. The fourth-order valence-electron chi connectivity index (χ4n) is 13.5. The zero-order valence-corrected chi connectivity index (χ0v) is 60.2. The zero-order chi connectivity index (χ0) is 73.9. The predicted molar refractivity (Wildman–Crippen MR) is 445 cm³/mol. The van der Waals surface area contributed by atoms with Gasteiger partial charge in [0.25, 0.3) is 17.3 Å². The van der Waals surface area contributed by atoms with E-state index in [1.165, 1.54) is 73.6 Å². The number of carbonyl (C=O) groups is 1. The van der Waals surface area contributed by atoms with E-state index in [1.807, 2.05) is 146 Å². The van der Waals surface area contributed by atoms with Crippen LogP contribution < -0.4 is 16.5 Å². The first-order valence-corrected chi connectivity index (χ1v) is 35.7. The van der Waals surface area contributed by atoms with Gasteiger partial charge in [0.15, 0.2) is 0 Å². The van der Waals surface area contributed by atoms with Gasteiger partial charge >= 0.3 is 7.12 Å². The van der Waals surface area contributed by atoms with E-state index in [0.29, 0.717) is 16.6 Å². The highest BCUT2D eigenvalue weighted by Gasteiger charge is 2.23. The monoisotopic (exact) mass is 1520 g/mol. The lowest BCUT2D eigenvalue weighted by Gasteiger charge is -2.14. The Labute approximate surface area is 631 Å². The van der Waals surface area contributed by atoms with Gasteiger partial charge in [0.2, 0.25) is 0 Å². The van der Waals surface area contributed by atoms with Crippen LogP contribution in [0.2, 0.25) is 0 Å². The molecule has 0 atom stereocenters. The number of rotatable bonds is 9. The number of anilines is 2. The van der Waals surface area contributed by atoms with Gasteiger partial charge in [-0.15, -0.1) is 0 Å². The number of carbonyl (C=O) groups excluding carboxylic acids is 1. The zero-order valence-electron chi connectivity index (χ0n) is 57.0. The average Bonchev–Trinajstić information content (AvgIpc) is 0.741. The van der Waals surface area contributed by atoms with E-state index in [1.54, 1.807) is 24.4 Å². The number of aromatic nitrogens is 3. The van der Waals surface area contributed by atoms with Crippen LogP contribution in [0.25, 0.3) is 131 Å². The molecule has 1 amide bonds. The molecule has 0 fully saturated rings. The highest BCUT2D eigenvalue weighted by molar-refractivity contribution is 9.11. The third kappa shape index (κ3) is 15.2. The van der Waals surface area contributed by atoms with E-state index >= 15 is 0 Å². The van der Waals surface area contributed by atoms with Crippen molar-refractivity contribution in [3.8, 4) is 44.6 Å². The molecule has 0 unspecified atom stereocenters. The van der Waals surface area contributed by atoms with E-state index in [9.17, 15) is 25.0 Å². The van der Waals surface area contributed by atoms with Crippen molar-refractivity contribution in [2.45, 2.75) is 0 Å². The first kappa shape index (κ1) is 70.9. The summed E-state index contributed by atoms with van der Waals surface area (Å²) in [5, 5.41) is 56.9. The molecule has 0 radical (unpaired) electrons. The van der Waals surface area contributed by atoms with Crippen molar-refractivity contribution in [3.63, 3.8) is 0 Å². The van der Waals surface area contributed by atoms with Gasteiger partial charge in [-0.25, -0.2) is 4.98 Å². The van der Waals surface area contributed by atoms with Crippen LogP contribution in [0.5, 0.6) is 0 Å². The third-order valence-electron chi connectivity index (χ3n) is 18.4. The van der Waals surface area contributed by atoms with E-state index in [-0.39, 0.29) is 27.7 Å². The van der Waals surface area contributed by atoms with E-state index in [2.05, 4.69) is 188 Å². The molecular weight excluding hydrogens is 1460 g/mol. The summed E-state index contributed by atoms with van der Waals surface area (Å²) >= 11 is 7.21. The van der Waals surface area contributed by atoms with Gasteiger partial charge in [0.05, 0.1) is 48.7 Å². The maximum Gasteiger partial charge on any atom is 0.495 e. The van der Waals surface area contributed by atoms with E-state index in [4.69, 9.17) is 25.7 Å². The molecule has 107 heavy (non-hydrogen) atoms. The van der Waals surface area contributed by atoms with E-state index < -0.39 is 12.0 Å². The topological polar surface area (TPSA) is 221 Å². The van der Waals surface area contributed by atoms with Gasteiger partial charge in [-0.2, -0.15) is 0 Å². The SMILES string of the molecule is Brc1ccc(-c2nc3ccccc3c3c2ccc2ccccc23)c2ncccc12.Nc1ccccc1-c1cccc2ccccc12.O=C(Nc1ccccc1-c1cccc2ccccc12)c1ccc(Br)c2cccnc12.O=[N+]([O-])c1ccccc1-c1cccc2ccccc12.O=[N+]([O-])c1ccccc1B(O)O. The molecule has 0 aliphatic heterocycles. The lowest BCUT2D eigenvalue weighted by molar-refractivity contribution is -0.384. The number of nitrogens with two attached hydrogens (primary N) is 1. The Kier molecular flexibility index (Phi) is 21.4. The molecule has 0 aliphatic rings. The largest absolute Gasteiger partial charge is 0.495 e. The summed E-state index contributed by atoms with van der Waals surface area (Å²) in [6.45, 7) is 0. The minimum absolute atomic E-state index is 0.0949. The Morgan fingerprint density at radius 1 is 0.374 bits per heavy atom. The fraction of sp³-hybridized carbons (Fsp3) is 0. The minimum Gasteiger partial charge on any atom is -0.423 e. The number of hydrogen-bond acceptors (Lipinski definition) is 11. The second-order valence-electron chi connectivity index (χ2n) is 24.8. The number of pyridine rings is 3. The van der Waals surface area contributed by atoms with Gasteiger partial charge in [0.1, 0.15) is 0 Å². The number of halogens is 2. The van der Waals surface area contributed by atoms with Crippen molar-refractivity contribution < 1.29 is 24.7 Å². The lowest BCUT2D eigenvalue weighted by atomic mass is 9.79. The second kappa shape index (κ2) is 32.2. The Morgan fingerprint density at radius 3 is 1.39 bits per heavy atom. The summed E-state index contributed by atoms with van der Waals surface area (Å²) in [6, 6.07) is 108. The molecule has 0 bridgehead atoms. The van der Waals surface area contributed by atoms with Crippen LogP contribution in [0.1, 0.15) is 10.4 Å². The summed E-state index contributed by atoms with van der Waals surface area (Å²) in [6.07, 6.45) is 3.55. The quantitative estimate of drug-likeness (QED) is 0.0350. The molecule has 516 valence electrons. The number of para-hydroxylation sites is 5. The lowest BCUT2D eigenvalue weighted by Crippen LogP contribution is -2.31. The van der Waals surface area contributed by atoms with Crippen LogP contribution in [-0.2, 0) is 0 Å². The first-order chi connectivity index (χ1) is 52.3. The van der Waals surface area contributed by atoms with Crippen molar-refractivity contribution in [2.24, 2.45) is 0 Å². The van der Waals surface area contributed by atoms with Crippen molar-refractivity contribution in [1.29, 1.82) is 0 Å². The Balaban J connectivity index is 0.000000116. The molecule has 0 spiro atoms. The van der Waals surface area contributed by atoms with E-state index in [0.717, 1.165) is 97.2 Å². The summed E-state index contributed by atoms with van der Waals surface area (Å²) in [5.74, 6) is -0.182. The normalized spacial score (nSPS) is 10.8. The Hall–Kier alpha value is -13.2. The number of nitrogen functional groups attached to an aromatic ring is 1. The van der Waals surface area contributed by atoms with Crippen LogP contribution in [0.3, 0.4) is 0 Å². The van der Waals surface area contributed by atoms with Gasteiger partial charge in [-0.1, -0.05) is 293 Å². The van der Waals surface area contributed by atoms with Crippen LogP contribution in [0.4, 0.5) is 22.7 Å².